The largest absolute Gasteiger partial charge is 0.373 e. The Morgan fingerprint density at radius 2 is 1.67 bits per heavy atom. The first-order valence-corrected chi connectivity index (χ1v) is 8.17. The van der Waals surface area contributed by atoms with Gasteiger partial charge in [-0.3, -0.25) is 0 Å². The molecule has 2 aromatic rings. The Bertz CT molecular complexity index is 651. The Labute approximate surface area is 142 Å². The Morgan fingerprint density at radius 3 is 2.29 bits per heavy atom. The van der Waals surface area contributed by atoms with Crippen LogP contribution in [0.1, 0.15) is 26.6 Å². The highest BCUT2D eigenvalue weighted by atomic mass is 79.9. The van der Waals surface area contributed by atoms with Crippen LogP contribution < -0.4 is 10.6 Å². The highest BCUT2D eigenvalue weighted by molar-refractivity contribution is 9.11. The van der Waals surface area contributed by atoms with Crippen molar-refractivity contribution in [3.63, 3.8) is 0 Å². The summed E-state index contributed by atoms with van der Waals surface area (Å²) < 4.78 is 1.99. The third-order valence-corrected chi connectivity index (χ3v) is 4.03. The minimum atomic E-state index is -0.113. The lowest BCUT2D eigenvalue weighted by Gasteiger charge is -2.19. The molecule has 0 unspecified atom stereocenters. The van der Waals surface area contributed by atoms with E-state index in [1.165, 1.54) is 0 Å². The molecular formula is C15H18Br2N4. The average molecular weight is 414 g/mol. The van der Waals surface area contributed by atoms with Crippen LogP contribution in [0.15, 0.2) is 33.2 Å². The van der Waals surface area contributed by atoms with Gasteiger partial charge in [0.2, 0.25) is 0 Å². The zero-order valence-electron chi connectivity index (χ0n) is 12.5. The van der Waals surface area contributed by atoms with Crippen molar-refractivity contribution in [3.8, 4) is 0 Å². The zero-order valence-corrected chi connectivity index (χ0v) is 15.6. The van der Waals surface area contributed by atoms with Crippen molar-refractivity contribution in [2.24, 2.45) is 0 Å². The van der Waals surface area contributed by atoms with Crippen LogP contribution in [-0.4, -0.2) is 17.0 Å². The number of hydrogen-bond donors (Lipinski definition) is 2. The van der Waals surface area contributed by atoms with Gasteiger partial charge >= 0.3 is 0 Å². The maximum absolute atomic E-state index is 4.62. The molecule has 0 saturated heterocycles. The van der Waals surface area contributed by atoms with E-state index in [2.05, 4.69) is 73.2 Å². The van der Waals surface area contributed by atoms with Crippen molar-refractivity contribution in [3.05, 3.63) is 39.0 Å². The predicted octanol–water partition coefficient (Wildman–Crippen LogP) is 5.08. The molecule has 0 fully saturated rings. The summed E-state index contributed by atoms with van der Waals surface area (Å²) in [4.78, 5) is 9.14. The zero-order chi connectivity index (χ0) is 15.6. The highest BCUT2D eigenvalue weighted by Crippen LogP contribution is 2.30. The maximum Gasteiger partial charge on any atom is 0.138 e. The molecule has 2 rings (SSSR count). The van der Waals surface area contributed by atoms with Gasteiger partial charge in [0.1, 0.15) is 17.5 Å². The summed E-state index contributed by atoms with van der Waals surface area (Å²) in [5.74, 6) is 2.35. The van der Waals surface area contributed by atoms with Crippen LogP contribution in [0, 0.1) is 0 Å². The predicted molar refractivity (Wildman–Crippen MR) is 95.4 cm³/mol. The van der Waals surface area contributed by atoms with E-state index >= 15 is 0 Å². The minimum absolute atomic E-state index is 0.113. The molecule has 0 atom stereocenters. The molecule has 1 aromatic heterocycles. The molecule has 0 saturated carbocycles. The number of nitrogens with zero attached hydrogens (tertiary/aromatic N) is 2. The van der Waals surface area contributed by atoms with Crippen LogP contribution in [0.25, 0.3) is 0 Å². The molecule has 6 heteroatoms. The SMILES string of the molecule is CNc1cc(Nc2cc(Br)ccc2Br)nc(C(C)(C)C)n1. The summed E-state index contributed by atoms with van der Waals surface area (Å²) in [5.41, 5.74) is 0.836. The number of benzene rings is 1. The summed E-state index contributed by atoms with van der Waals surface area (Å²) >= 11 is 7.02. The molecule has 0 aliphatic rings. The number of aromatic nitrogens is 2. The Balaban J connectivity index is 2.42. The second-order valence-corrected chi connectivity index (χ2v) is 7.48. The molecule has 0 bridgehead atoms. The van der Waals surface area contributed by atoms with Crippen LogP contribution >= 0.6 is 31.9 Å². The summed E-state index contributed by atoms with van der Waals surface area (Å²) in [5, 5.41) is 6.41. The lowest BCUT2D eigenvalue weighted by atomic mass is 9.96. The van der Waals surface area contributed by atoms with E-state index in [4.69, 9.17) is 0 Å². The monoisotopic (exact) mass is 412 g/mol. The molecular weight excluding hydrogens is 396 g/mol. The van der Waals surface area contributed by atoms with Crippen molar-refractivity contribution >= 4 is 49.2 Å². The number of hydrogen-bond acceptors (Lipinski definition) is 4. The molecule has 2 N–H and O–H groups in total. The van der Waals surface area contributed by atoms with Crippen LogP contribution in [0.5, 0.6) is 0 Å². The maximum atomic E-state index is 4.62. The first-order valence-electron chi connectivity index (χ1n) is 6.59. The van der Waals surface area contributed by atoms with Gasteiger partial charge in [0.15, 0.2) is 0 Å². The molecule has 112 valence electrons. The lowest BCUT2D eigenvalue weighted by molar-refractivity contribution is 0.547. The van der Waals surface area contributed by atoms with Gasteiger partial charge in [-0.2, -0.15) is 0 Å². The standard InChI is InChI=1S/C15H18Br2N4/c1-15(2,3)14-20-12(18-4)8-13(21-14)19-11-7-9(16)5-6-10(11)17/h5-8H,1-4H3,(H2,18,19,20,21). The Morgan fingerprint density at radius 1 is 1.00 bits per heavy atom. The highest BCUT2D eigenvalue weighted by Gasteiger charge is 2.19. The molecule has 0 spiro atoms. The first kappa shape index (κ1) is 16.2. The van der Waals surface area contributed by atoms with Crippen LogP contribution in [0.2, 0.25) is 0 Å². The minimum Gasteiger partial charge on any atom is -0.373 e. The van der Waals surface area contributed by atoms with Gasteiger partial charge in [-0.15, -0.1) is 0 Å². The molecule has 0 radical (unpaired) electrons. The number of nitrogens with one attached hydrogen (secondary N) is 2. The van der Waals surface area contributed by atoms with Gasteiger partial charge in [0.05, 0.1) is 5.69 Å². The fraction of sp³-hybridized carbons (Fsp3) is 0.333. The molecule has 0 aliphatic carbocycles. The summed E-state index contributed by atoms with van der Waals surface area (Å²) in [6, 6.07) is 7.86. The lowest BCUT2D eigenvalue weighted by Crippen LogP contribution is -2.17. The Hall–Kier alpha value is -1.14. The van der Waals surface area contributed by atoms with Crippen molar-refractivity contribution in [1.82, 2.24) is 9.97 Å². The van der Waals surface area contributed by atoms with Crippen molar-refractivity contribution < 1.29 is 0 Å². The van der Waals surface area contributed by atoms with Crippen LogP contribution in [0.3, 0.4) is 0 Å². The van der Waals surface area contributed by atoms with Crippen LogP contribution in [0.4, 0.5) is 17.3 Å². The van der Waals surface area contributed by atoms with Gasteiger partial charge in [0.25, 0.3) is 0 Å². The molecule has 4 nitrogen and oxygen atoms in total. The summed E-state index contributed by atoms with van der Waals surface area (Å²) in [6.07, 6.45) is 0. The quantitative estimate of drug-likeness (QED) is 0.736. The van der Waals surface area contributed by atoms with Gasteiger partial charge in [-0.25, -0.2) is 9.97 Å². The van der Waals surface area contributed by atoms with E-state index in [0.29, 0.717) is 0 Å². The van der Waals surface area contributed by atoms with Crippen molar-refractivity contribution in [2.75, 3.05) is 17.7 Å². The molecule has 0 amide bonds. The van der Waals surface area contributed by atoms with E-state index in [1.807, 2.05) is 31.3 Å². The third kappa shape index (κ3) is 4.17. The van der Waals surface area contributed by atoms with Gasteiger partial charge in [-0.05, 0) is 34.1 Å². The number of rotatable bonds is 3. The number of halogens is 2. The summed E-state index contributed by atoms with van der Waals surface area (Å²) in [6.45, 7) is 6.29. The molecule has 1 heterocycles. The second-order valence-electron chi connectivity index (χ2n) is 5.71. The van der Waals surface area contributed by atoms with Crippen molar-refractivity contribution in [2.45, 2.75) is 26.2 Å². The normalized spacial score (nSPS) is 11.3. The van der Waals surface area contributed by atoms with E-state index < -0.39 is 0 Å². The molecule has 21 heavy (non-hydrogen) atoms. The van der Waals surface area contributed by atoms with E-state index in [0.717, 1.165) is 32.1 Å². The second kappa shape index (κ2) is 6.32. The van der Waals surface area contributed by atoms with E-state index in [-0.39, 0.29) is 5.41 Å². The van der Waals surface area contributed by atoms with Crippen LogP contribution in [-0.2, 0) is 5.41 Å². The Kier molecular flexibility index (Phi) is 4.88. The summed E-state index contributed by atoms with van der Waals surface area (Å²) in [7, 11) is 1.85. The first-order chi connectivity index (χ1) is 9.79. The smallest absolute Gasteiger partial charge is 0.138 e. The van der Waals surface area contributed by atoms with Crippen molar-refractivity contribution in [1.29, 1.82) is 0 Å². The molecule has 0 aliphatic heterocycles. The van der Waals surface area contributed by atoms with E-state index in [1.54, 1.807) is 0 Å². The third-order valence-electron chi connectivity index (χ3n) is 2.84. The topological polar surface area (TPSA) is 49.8 Å². The number of anilines is 3. The van der Waals surface area contributed by atoms with Gasteiger partial charge in [-0.1, -0.05) is 36.7 Å². The average Bonchev–Trinajstić information content (AvgIpc) is 2.41. The van der Waals surface area contributed by atoms with Gasteiger partial charge in [0, 0.05) is 27.5 Å². The molecule has 1 aromatic carbocycles. The van der Waals surface area contributed by atoms with E-state index in [9.17, 15) is 0 Å². The van der Waals surface area contributed by atoms with Gasteiger partial charge < -0.3 is 10.6 Å². The fourth-order valence-corrected chi connectivity index (χ4v) is 2.41. The fourth-order valence-electron chi connectivity index (χ4n) is 1.71.